The third-order valence-electron chi connectivity index (χ3n) is 7.89. The van der Waals surface area contributed by atoms with Gasteiger partial charge in [-0.1, -0.05) is 76.6 Å². The van der Waals surface area contributed by atoms with Crippen LogP contribution in [0.5, 0.6) is 0 Å². The van der Waals surface area contributed by atoms with Crippen molar-refractivity contribution in [2.45, 2.75) is 110 Å². The topological polar surface area (TPSA) is 34.1 Å². The van der Waals surface area contributed by atoms with Crippen LogP contribution in [0.2, 0.25) is 0 Å². The number of rotatable bonds is 10. The van der Waals surface area contributed by atoms with Crippen LogP contribution >= 0.6 is 0 Å². The minimum atomic E-state index is 0.286. The number of unbranched alkanes of at least 4 members (excludes halogenated alkanes) is 2. The average Bonchev–Trinajstić information content (AvgIpc) is 2.80. The summed E-state index contributed by atoms with van der Waals surface area (Å²) < 4.78 is 0. The van der Waals surface area contributed by atoms with E-state index in [1.165, 1.54) is 56.9 Å². The molecule has 1 aromatic rings. The number of hydrogen-bond donors (Lipinski definition) is 0. The van der Waals surface area contributed by atoms with Gasteiger partial charge in [0, 0.05) is 24.3 Å². The fraction of sp³-hybridized carbons (Fsp3) is 0.714. The van der Waals surface area contributed by atoms with Crippen molar-refractivity contribution in [3.05, 3.63) is 35.4 Å². The minimum absolute atomic E-state index is 0.286. The first-order chi connectivity index (χ1) is 14.6. The summed E-state index contributed by atoms with van der Waals surface area (Å²) in [6.45, 7) is 4.25. The molecule has 0 atom stereocenters. The van der Waals surface area contributed by atoms with Gasteiger partial charge in [0.1, 0.15) is 5.78 Å². The number of carbonyl (C=O) groups is 2. The van der Waals surface area contributed by atoms with Crippen LogP contribution in [0.3, 0.4) is 0 Å². The van der Waals surface area contributed by atoms with Crippen molar-refractivity contribution in [2.75, 3.05) is 0 Å². The molecule has 1 aromatic carbocycles. The van der Waals surface area contributed by atoms with E-state index in [0.29, 0.717) is 29.8 Å². The molecule has 0 amide bonds. The van der Waals surface area contributed by atoms with Crippen molar-refractivity contribution >= 4 is 11.6 Å². The molecule has 2 aliphatic rings. The van der Waals surface area contributed by atoms with Gasteiger partial charge in [0.05, 0.1) is 0 Å². The lowest BCUT2D eigenvalue weighted by atomic mass is 9.76. The molecule has 0 saturated heterocycles. The Morgan fingerprint density at radius 2 is 1.43 bits per heavy atom. The third kappa shape index (κ3) is 6.53. The normalized spacial score (nSPS) is 27.0. The number of Topliss-reactive ketones (excluding diaryl/α,β-unsaturated/α-hetero) is 2. The predicted octanol–water partition coefficient (Wildman–Crippen LogP) is 7.90. The van der Waals surface area contributed by atoms with E-state index in [2.05, 4.69) is 31.2 Å². The Hall–Kier alpha value is -1.44. The number of hydrogen-bond acceptors (Lipinski definition) is 2. The third-order valence-corrected chi connectivity index (χ3v) is 7.89. The van der Waals surface area contributed by atoms with E-state index in [9.17, 15) is 9.59 Å². The molecule has 3 rings (SSSR count). The number of ketones is 2. The van der Waals surface area contributed by atoms with Gasteiger partial charge >= 0.3 is 0 Å². The Morgan fingerprint density at radius 3 is 2.03 bits per heavy atom. The highest BCUT2D eigenvalue weighted by Gasteiger charge is 2.26. The number of carbonyl (C=O) groups excluding carboxylic acids is 2. The molecule has 2 fully saturated rings. The van der Waals surface area contributed by atoms with Crippen LogP contribution < -0.4 is 0 Å². The zero-order valence-corrected chi connectivity index (χ0v) is 19.3. The second-order valence-electron chi connectivity index (χ2n) is 10.0. The van der Waals surface area contributed by atoms with Crippen LogP contribution in [0.4, 0.5) is 0 Å². The summed E-state index contributed by atoms with van der Waals surface area (Å²) in [5, 5.41) is 0. The molecule has 30 heavy (non-hydrogen) atoms. The molecule has 166 valence electrons. The van der Waals surface area contributed by atoms with Gasteiger partial charge in [-0.2, -0.15) is 0 Å². The van der Waals surface area contributed by atoms with Crippen molar-refractivity contribution in [3.63, 3.8) is 0 Å². The molecule has 0 radical (unpaired) electrons. The van der Waals surface area contributed by atoms with Gasteiger partial charge in [-0.3, -0.25) is 9.59 Å². The molecule has 2 heteroatoms. The maximum Gasteiger partial charge on any atom is 0.163 e. The van der Waals surface area contributed by atoms with Gasteiger partial charge < -0.3 is 0 Å². The molecule has 0 N–H and O–H groups in total. The average molecular weight is 411 g/mol. The Morgan fingerprint density at radius 1 is 0.800 bits per heavy atom. The van der Waals surface area contributed by atoms with Crippen molar-refractivity contribution in [3.8, 4) is 0 Å². The molecule has 0 bridgehead atoms. The molecule has 0 spiro atoms. The van der Waals surface area contributed by atoms with Gasteiger partial charge in [0.15, 0.2) is 5.78 Å². The van der Waals surface area contributed by atoms with E-state index in [0.717, 1.165) is 43.6 Å². The lowest BCUT2D eigenvalue weighted by Crippen LogP contribution is -2.20. The largest absolute Gasteiger partial charge is 0.299 e. The molecule has 0 heterocycles. The second-order valence-corrected chi connectivity index (χ2v) is 10.0. The standard InChI is InChI=1S/C28H42O2/c1-3-5-6-7-21-8-10-22(11-9-21)20-28(30)26-18-14-24(15-19-26)23-12-16-25(17-13-23)27(29)4-2/h14-15,18-19,21-23,25H,3-13,16-17,20H2,1-2H3/t21-,22-,23-,25-. The van der Waals surface area contributed by atoms with Crippen LogP contribution in [0, 0.1) is 17.8 Å². The zero-order valence-electron chi connectivity index (χ0n) is 19.3. The minimum Gasteiger partial charge on any atom is -0.299 e. The van der Waals surface area contributed by atoms with Crippen molar-refractivity contribution in [1.29, 1.82) is 0 Å². The van der Waals surface area contributed by atoms with E-state index in [-0.39, 0.29) is 5.92 Å². The monoisotopic (exact) mass is 410 g/mol. The Bertz CT molecular complexity index is 658. The van der Waals surface area contributed by atoms with Gasteiger partial charge in [-0.15, -0.1) is 0 Å². The first-order valence-electron chi connectivity index (χ1n) is 12.8. The summed E-state index contributed by atoms with van der Waals surface area (Å²) in [6.07, 6.45) is 16.2. The lowest BCUT2D eigenvalue weighted by Gasteiger charge is -2.28. The van der Waals surface area contributed by atoms with Crippen LogP contribution in [-0.4, -0.2) is 11.6 Å². The summed E-state index contributed by atoms with van der Waals surface area (Å²) in [6, 6.07) is 8.45. The van der Waals surface area contributed by atoms with E-state index in [1.807, 2.05) is 6.92 Å². The van der Waals surface area contributed by atoms with Gasteiger partial charge in [-0.25, -0.2) is 0 Å². The Labute approximate surface area is 184 Å². The fourth-order valence-electron chi connectivity index (χ4n) is 5.77. The summed E-state index contributed by atoms with van der Waals surface area (Å²) in [5.41, 5.74) is 2.24. The van der Waals surface area contributed by atoms with E-state index in [4.69, 9.17) is 0 Å². The van der Waals surface area contributed by atoms with E-state index >= 15 is 0 Å². The molecule has 0 unspecified atom stereocenters. The van der Waals surface area contributed by atoms with E-state index in [1.54, 1.807) is 0 Å². The fourth-order valence-corrected chi connectivity index (χ4v) is 5.77. The quantitative estimate of drug-likeness (QED) is 0.290. The highest BCUT2D eigenvalue weighted by Crippen LogP contribution is 2.37. The second kappa shape index (κ2) is 11.8. The van der Waals surface area contributed by atoms with Crippen LogP contribution in [0.15, 0.2) is 24.3 Å². The van der Waals surface area contributed by atoms with Gasteiger partial charge in [-0.05, 0) is 61.8 Å². The van der Waals surface area contributed by atoms with Gasteiger partial charge in [0.2, 0.25) is 0 Å². The summed E-state index contributed by atoms with van der Waals surface area (Å²) in [5.74, 6) is 3.10. The Balaban J connectivity index is 1.43. The highest BCUT2D eigenvalue weighted by atomic mass is 16.1. The smallest absolute Gasteiger partial charge is 0.163 e. The predicted molar refractivity (Wildman–Crippen MR) is 125 cm³/mol. The SMILES string of the molecule is CCCCC[C@H]1CC[C@H](CC(=O)c2ccc([C@H]3CC[C@H](C(=O)CC)CC3)cc2)CC1. The number of benzene rings is 1. The summed E-state index contributed by atoms with van der Waals surface area (Å²) >= 11 is 0. The molecule has 0 aliphatic heterocycles. The van der Waals surface area contributed by atoms with E-state index < -0.39 is 0 Å². The first-order valence-corrected chi connectivity index (χ1v) is 12.8. The summed E-state index contributed by atoms with van der Waals surface area (Å²) in [7, 11) is 0. The molecule has 0 aromatic heterocycles. The molecule has 2 aliphatic carbocycles. The van der Waals surface area contributed by atoms with Crippen LogP contribution in [0.25, 0.3) is 0 Å². The molecular formula is C28H42O2. The lowest BCUT2D eigenvalue weighted by molar-refractivity contribution is -0.123. The maximum atomic E-state index is 12.8. The molecular weight excluding hydrogens is 368 g/mol. The van der Waals surface area contributed by atoms with Crippen LogP contribution in [-0.2, 0) is 4.79 Å². The summed E-state index contributed by atoms with van der Waals surface area (Å²) in [4.78, 5) is 24.7. The molecule has 2 nitrogen and oxygen atoms in total. The van der Waals surface area contributed by atoms with Crippen molar-refractivity contribution in [1.82, 2.24) is 0 Å². The first kappa shape index (κ1) is 23.2. The zero-order chi connectivity index (χ0) is 21.3. The molecule has 2 saturated carbocycles. The van der Waals surface area contributed by atoms with Crippen molar-refractivity contribution < 1.29 is 9.59 Å². The maximum absolute atomic E-state index is 12.8. The Kier molecular flexibility index (Phi) is 9.15. The van der Waals surface area contributed by atoms with Crippen LogP contribution in [0.1, 0.15) is 126 Å². The van der Waals surface area contributed by atoms with Crippen molar-refractivity contribution in [2.24, 2.45) is 17.8 Å². The van der Waals surface area contributed by atoms with Gasteiger partial charge in [0.25, 0.3) is 0 Å². The highest BCUT2D eigenvalue weighted by molar-refractivity contribution is 5.96.